The van der Waals surface area contributed by atoms with Crippen LogP contribution in [0.5, 0.6) is 11.5 Å². The molecule has 2 aromatic carbocycles. The summed E-state index contributed by atoms with van der Waals surface area (Å²) in [5.74, 6) is 0.749. The first kappa shape index (κ1) is 27.5. The molecule has 1 unspecified atom stereocenters. The number of piperidine rings is 1. The van der Waals surface area contributed by atoms with Crippen molar-refractivity contribution < 1.29 is 14.6 Å². The van der Waals surface area contributed by atoms with Crippen molar-refractivity contribution in [2.24, 2.45) is 5.73 Å². The van der Waals surface area contributed by atoms with Crippen molar-refractivity contribution in [2.45, 2.75) is 76.9 Å². The topological polar surface area (TPSA) is 75.8 Å². The van der Waals surface area contributed by atoms with E-state index in [0.717, 1.165) is 49.2 Å². The number of ether oxygens (including phenoxy) is 1. The van der Waals surface area contributed by atoms with Crippen molar-refractivity contribution in [3.8, 4) is 11.5 Å². The Balaban J connectivity index is 1.68. The summed E-state index contributed by atoms with van der Waals surface area (Å²) in [5.41, 5.74) is 7.03. The number of hydrogen-bond donors (Lipinski definition) is 2. The second-order valence-corrected chi connectivity index (χ2v) is 10.5. The average Bonchev–Trinajstić information content (AvgIpc) is 2.87. The minimum absolute atomic E-state index is 0.0889. The Morgan fingerprint density at radius 1 is 1.08 bits per heavy atom. The maximum Gasteiger partial charge on any atom is 0.228 e. The lowest BCUT2D eigenvalue weighted by Gasteiger charge is -2.44. The minimum Gasteiger partial charge on any atom is -0.508 e. The summed E-state index contributed by atoms with van der Waals surface area (Å²) in [5, 5.41) is 9.98. The molecular formula is C31H42N2O3. The molecule has 0 bridgehead atoms. The summed E-state index contributed by atoms with van der Waals surface area (Å²) in [6.07, 6.45) is 12.1. The molecule has 1 amide bonds. The predicted octanol–water partition coefficient (Wildman–Crippen LogP) is 6.05. The van der Waals surface area contributed by atoms with E-state index >= 15 is 0 Å². The summed E-state index contributed by atoms with van der Waals surface area (Å²) in [6, 6.07) is 15.4. The number of phenols is 1. The molecule has 1 aliphatic rings. The zero-order chi connectivity index (χ0) is 26.2. The highest BCUT2D eigenvalue weighted by Gasteiger charge is 2.40. The highest BCUT2D eigenvalue weighted by Crippen LogP contribution is 2.38. The molecule has 1 heterocycles. The van der Waals surface area contributed by atoms with Gasteiger partial charge < -0.3 is 15.6 Å². The SMILES string of the molecule is C/C=C\C=C/CC(CCC(C)(C)N1CCC(Oc2cccc(O)c2C)CC1)(C(N)=O)c1ccccc1. The number of carbonyl (C=O) groups is 1. The number of hydrogen-bond acceptors (Lipinski definition) is 4. The van der Waals surface area contributed by atoms with E-state index in [-0.39, 0.29) is 23.3 Å². The van der Waals surface area contributed by atoms with E-state index in [1.807, 2.05) is 74.5 Å². The van der Waals surface area contributed by atoms with E-state index in [1.165, 1.54) is 0 Å². The fourth-order valence-electron chi connectivity index (χ4n) is 5.11. The van der Waals surface area contributed by atoms with Gasteiger partial charge in [-0.25, -0.2) is 0 Å². The second kappa shape index (κ2) is 12.3. The van der Waals surface area contributed by atoms with E-state index in [2.05, 4.69) is 24.8 Å². The van der Waals surface area contributed by atoms with Crippen LogP contribution >= 0.6 is 0 Å². The Hall–Kier alpha value is -3.05. The van der Waals surface area contributed by atoms with Crippen LogP contribution in [-0.4, -0.2) is 40.6 Å². The van der Waals surface area contributed by atoms with Crippen LogP contribution in [-0.2, 0) is 10.2 Å². The number of amides is 1. The van der Waals surface area contributed by atoms with Crippen molar-refractivity contribution in [1.82, 2.24) is 4.90 Å². The Labute approximate surface area is 216 Å². The predicted molar refractivity (Wildman–Crippen MR) is 147 cm³/mol. The van der Waals surface area contributed by atoms with Gasteiger partial charge in [-0.15, -0.1) is 0 Å². The lowest BCUT2D eigenvalue weighted by atomic mass is 9.71. The summed E-state index contributed by atoms with van der Waals surface area (Å²) in [4.78, 5) is 15.5. The molecule has 1 aliphatic heterocycles. The number of phenolic OH excluding ortho intramolecular Hbond substituents is 1. The smallest absolute Gasteiger partial charge is 0.228 e. The number of carbonyl (C=O) groups excluding carboxylic acids is 1. The third-order valence-electron chi connectivity index (χ3n) is 7.71. The van der Waals surface area contributed by atoms with E-state index in [0.29, 0.717) is 12.8 Å². The third kappa shape index (κ3) is 6.58. The van der Waals surface area contributed by atoms with Gasteiger partial charge in [0.2, 0.25) is 5.91 Å². The molecule has 3 rings (SSSR count). The van der Waals surface area contributed by atoms with Crippen LogP contribution in [0, 0.1) is 6.92 Å². The van der Waals surface area contributed by atoms with Gasteiger partial charge in [-0.2, -0.15) is 0 Å². The molecule has 5 heteroatoms. The third-order valence-corrected chi connectivity index (χ3v) is 7.71. The Morgan fingerprint density at radius 2 is 1.78 bits per heavy atom. The molecule has 0 aliphatic carbocycles. The number of nitrogens with two attached hydrogens (primary N) is 1. The van der Waals surface area contributed by atoms with Gasteiger partial charge in [-0.05, 0) is 77.5 Å². The van der Waals surface area contributed by atoms with Crippen molar-refractivity contribution in [1.29, 1.82) is 0 Å². The minimum atomic E-state index is -0.745. The molecule has 2 aromatic rings. The maximum atomic E-state index is 13.0. The number of primary amides is 1. The van der Waals surface area contributed by atoms with E-state index in [1.54, 1.807) is 6.07 Å². The quantitative estimate of drug-likeness (QED) is 0.376. The normalized spacial score (nSPS) is 17.4. The Kier molecular flexibility index (Phi) is 9.38. The molecule has 0 aromatic heterocycles. The van der Waals surface area contributed by atoms with Crippen molar-refractivity contribution in [3.05, 3.63) is 84.0 Å². The summed E-state index contributed by atoms with van der Waals surface area (Å²) in [6.45, 7) is 10.2. The van der Waals surface area contributed by atoms with Gasteiger partial charge in [0.25, 0.3) is 0 Å². The van der Waals surface area contributed by atoms with Crippen molar-refractivity contribution >= 4 is 5.91 Å². The molecular weight excluding hydrogens is 448 g/mol. The first-order valence-electron chi connectivity index (χ1n) is 13.0. The van der Waals surface area contributed by atoms with Crippen LogP contribution in [0.15, 0.2) is 72.8 Å². The van der Waals surface area contributed by atoms with Crippen LogP contribution in [0.4, 0.5) is 0 Å². The van der Waals surface area contributed by atoms with E-state index in [9.17, 15) is 9.90 Å². The summed E-state index contributed by atoms with van der Waals surface area (Å²) in [7, 11) is 0. The Bertz CT molecular complexity index is 1050. The van der Waals surface area contributed by atoms with Crippen LogP contribution in [0.25, 0.3) is 0 Å². The largest absolute Gasteiger partial charge is 0.508 e. The molecule has 3 N–H and O–H groups in total. The van der Waals surface area contributed by atoms with Crippen molar-refractivity contribution in [2.75, 3.05) is 13.1 Å². The molecule has 0 saturated carbocycles. The lowest BCUT2D eigenvalue weighted by molar-refractivity contribution is -0.124. The van der Waals surface area contributed by atoms with Crippen LogP contribution in [0.2, 0.25) is 0 Å². The number of allylic oxidation sites excluding steroid dienone is 4. The van der Waals surface area contributed by atoms with Crippen LogP contribution in [0.3, 0.4) is 0 Å². The molecule has 36 heavy (non-hydrogen) atoms. The summed E-state index contributed by atoms with van der Waals surface area (Å²) >= 11 is 0. The molecule has 1 saturated heterocycles. The number of likely N-dealkylation sites (tertiary alicyclic amines) is 1. The molecule has 0 spiro atoms. The highest BCUT2D eigenvalue weighted by atomic mass is 16.5. The van der Waals surface area contributed by atoms with Gasteiger partial charge in [-0.1, -0.05) is 60.7 Å². The maximum absolute atomic E-state index is 13.0. The highest BCUT2D eigenvalue weighted by molar-refractivity contribution is 5.87. The number of aromatic hydroxyl groups is 1. The molecule has 1 atom stereocenters. The summed E-state index contributed by atoms with van der Waals surface area (Å²) < 4.78 is 6.23. The van der Waals surface area contributed by atoms with Gasteiger partial charge >= 0.3 is 0 Å². The van der Waals surface area contributed by atoms with Crippen LogP contribution in [0.1, 0.15) is 64.0 Å². The fraction of sp³-hybridized carbons (Fsp3) is 0.452. The molecule has 194 valence electrons. The van der Waals surface area contributed by atoms with E-state index < -0.39 is 5.41 Å². The first-order valence-corrected chi connectivity index (χ1v) is 13.0. The van der Waals surface area contributed by atoms with Gasteiger partial charge in [0, 0.05) is 24.2 Å². The van der Waals surface area contributed by atoms with Gasteiger partial charge in [-0.3, -0.25) is 9.69 Å². The first-order chi connectivity index (χ1) is 17.2. The molecule has 1 fully saturated rings. The lowest BCUT2D eigenvalue weighted by Crippen LogP contribution is -2.51. The number of benzene rings is 2. The fourth-order valence-corrected chi connectivity index (χ4v) is 5.11. The van der Waals surface area contributed by atoms with Gasteiger partial charge in [0.15, 0.2) is 0 Å². The molecule has 0 radical (unpaired) electrons. The standard InChI is InChI=1S/C31H42N2O3/c1-5-6-7-11-19-31(29(32)35,25-13-9-8-10-14-25)21-20-30(3,4)33-22-17-26(18-23-33)36-28-16-12-15-27(34)24(28)2/h5-16,26,34H,17-23H2,1-4H3,(H2,32,35)/b6-5-,11-7-. The number of rotatable bonds is 11. The monoisotopic (exact) mass is 490 g/mol. The van der Waals surface area contributed by atoms with Crippen molar-refractivity contribution in [3.63, 3.8) is 0 Å². The molecule has 5 nitrogen and oxygen atoms in total. The van der Waals surface area contributed by atoms with Gasteiger partial charge in [0.1, 0.15) is 17.6 Å². The number of nitrogens with zero attached hydrogens (tertiary/aromatic N) is 1. The van der Waals surface area contributed by atoms with Crippen LogP contribution < -0.4 is 10.5 Å². The Morgan fingerprint density at radius 3 is 2.42 bits per heavy atom. The second-order valence-electron chi connectivity index (χ2n) is 10.5. The zero-order valence-electron chi connectivity index (χ0n) is 22.2. The van der Waals surface area contributed by atoms with E-state index in [4.69, 9.17) is 10.5 Å². The zero-order valence-corrected chi connectivity index (χ0v) is 22.2. The van der Waals surface area contributed by atoms with Gasteiger partial charge in [0.05, 0.1) is 5.41 Å². The average molecular weight is 491 g/mol.